The molecule has 0 aromatic carbocycles. The largest absolute Gasteiger partial charge is 1.00 e. The molecule has 6 atom stereocenters. The van der Waals surface area contributed by atoms with Gasteiger partial charge in [0.15, 0.2) is 0 Å². The molecule has 0 radical (unpaired) electrons. The topological polar surface area (TPSA) is 29.5 Å². The predicted molar refractivity (Wildman–Crippen MR) is 126 cm³/mol. The Morgan fingerprint density at radius 3 is 2.60 bits per heavy atom. The van der Waals surface area contributed by atoms with Crippen LogP contribution in [0, 0.1) is 28.1 Å². The summed E-state index contributed by atoms with van der Waals surface area (Å²) in [5.74, 6) is 1.18. The number of hydrogen-bond donors (Lipinski definition) is 1. The first kappa shape index (κ1) is 22.3. The van der Waals surface area contributed by atoms with Crippen molar-refractivity contribution in [2.24, 2.45) is 28.1 Å². The van der Waals surface area contributed by atoms with E-state index in [1.165, 1.54) is 31.3 Å². The van der Waals surface area contributed by atoms with Crippen LogP contribution in [0.5, 0.6) is 0 Å². The third-order valence-corrected chi connectivity index (χ3v) is 9.85. The van der Waals surface area contributed by atoms with E-state index in [2.05, 4.69) is 60.6 Å². The molecule has 4 rings (SSSR count). The third kappa shape index (κ3) is 3.28. The molecule has 0 aromatic heterocycles. The number of hydrogen-bond acceptors (Lipinski definition) is 2. The number of allylic oxidation sites excluding steroid dienone is 5. The fraction of sp³-hybridized carbons (Fsp3) is 0.786. The molecule has 2 heteroatoms. The van der Waals surface area contributed by atoms with Gasteiger partial charge in [-0.3, -0.25) is 0 Å². The van der Waals surface area contributed by atoms with E-state index < -0.39 is 0 Å². The minimum Gasteiger partial charge on any atom is -0.393 e. The van der Waals surface area contributed by atoms with Gasteiger partial charge in [0, 0.05) is 0 Å². The summed E-state index contributed by atoms with van der Waals surface area (Å²) in [6.07, 6.45) is 13.1. The lowest BCUT2D eigenvalue weighted by Gasteiger charge is -2.59. The summed E-state index contributed by atoms with van der Waals surface area (Å²) < 4.78 is 6.28. The second-order valence-corrected chi connectivity index (χ2v) is 12.0. The summed E-state index contributed by atoms with van der Waals surface area (Å²) in [4.78, 5) is 0. The molecule has 4 aliphatic rings. The molecule has 0 aliphatic heterocycles. The molecule has 0 heterocycles. The molecule has 0 aromatic rings. The predicted octanol–water partition coefficient (Wildman–Crippen LogP) is 7.11. The van der Waals surface area contributed by atoms with E-state index in [-0.39, 0.29) is 29.9 Å². The van der Waals surface area contributed by atoms with Crippen molar-refractivity contribution in [1.82, 2.24) is 0 Å². The Labute approximate surface area is 186 Å². The van der Waals surface area contributed by atoms with E-state index in [1.54, 1.807) is 16.7 Å². The van der Waals surface area contributed by atoms with E-state index in [0.29, 0.717) is 11.8 Å². The van der Waals surface area contributed by atoms with Crippen molar-refractivity contribution in [2.75, 3.05) is 6.61 Å². The van der Waals surface area contributed by atoms with E-state index >= 15 is 0 Å². The summed E-state index contributed by atoms with van der Waals surface area (Å²) in [6.45, 7) is 17.0. The van der Waals surface area contributed by atoms with Gasteiger partial charge in [-0.2, -0.15) is 0 Å². The molecule has 0 bridgehead atoms. The Balaban J connectivity index is 0.00000272. The van der Waals surface area contributed by atoms with Gasteiger partial charge in [0.25, 0.3) is 0 Å². The Kier molecular flexibility index (Phi) is 5.68. The number of aliphatic hydroxyl groups excluding tert-OH is 1. The van der Waals surface area contributed by atoms with Crippen molar-refractivity contribution in [1.29, 1.82) is 0 Å². The van der Waals surface area contributed by atoms with Crippen LogP contribution < -0.4 is 0 Å². The van der Waals surface area contributed by atoms with E-state index in [1.807, 2.05) is 0 Å². The van der Waals surface area contributed by atoms with Crippen molar-refractivity contribution < 1.29 is 11.3 Å². The molecule has 0 spiro atoms. The number of ether oxygens (including phenoxy) is 1. The lowest BCUT2D eigenvalue weighted by atomic mass is 9.46. The fourth-order valence-electron chi connectivity index (χ4n) is 7.91. The third-order valence-electron chi connectivity index (χ3n) is 9.85. The van der Waals surface area contributed by atoms with Gasteiger partial charge in [0.2, 0.25) is 0 Å². The smallest absolute Gasteiger partial charge is 0.393 e. The lowest BCUT2D eigenvalue weighted by molar-refractivity contribution is -0.0909. The van der Waals surface area contributed by atoms with Crippen LogP contribution in [0.1, 0.15) is 94.8 Å². The van der Waals surface area contributed by atoms with E-state index in [0.717, 1.165) is 25.9 Å². The van der Waals surface area contributed by atoms with Gasteiger partial charge in [-0.15, -0.1) is 0 Å². The molecule has 30 heavy (non-hydrogen) atoms. The molecule has 168 valence electrons. The van der Waals surface area contributed by atoms with Crippen molar-refractivity contribution in [2.45, 2.75) is 106 Å². The SMILES string of the molecule is CC(C)=CCO[C@@H](C)[C@H]1CC=C2C3=C(CC[C@@]21C)[C@@]1(C)CC[C@H](O)C(C)(C)[C@@H]1CC3.[H+]. The van der Waals surface area contributed by atoms with Crippen LogP contribution in [0.3, 0.4) is 0 Å². The van der Waals surface area contributed by atoms with Crippen LogP contribution in [0.2, 0.25) is 0 Å². The van der Waals surface area contributed by atoms with Crippen molar-refractivity contribution in [3.05, 3.63) is 34.4 Å². The number of aliphatic hydroxyl groups is 1. The Morgan fingerprint density at radius 2 is 1.90 bits per heavy atom. The van der Waals surface area contributed by atoms with Gasteiger partial charge in [-0.1, -0.05) is 51.0 Å². The average molecular weight is 414 g/mol. The molecule has 0 saturated heterocycles. The first-order valence-corrected chi connectivity index (χ1v) is 12.4. The highest BCUT2D eigenvalue weighted by Gasteiger charge is 2.57. The first-order valence-electron chi connectivity index (χ1n) is 12.4. The van der Waals surface area contributed by atoms with E-state index in [9.17, 15) is 5.11 Å². The summed E-state index contributed by atoms with van der Waals surface area (Å²) in [5.41, 5.74) is 6.99. The van der Waals surface area contributed by atoms with Gasteiger partial charge in [-0.05, 0) is 105 Å². The molecule has 1 saturated carbocycles. The van der Waals surface area contributed by atoms with Crippen molar-refractivity contribution in [3.63, 3.8) is 0 Å². The van der Waals surface area contributed by atoms with Crippen LogP contribution in [0.25, 0.3) is 0 Å². The molecular weight excluding hydrogens is 368 g/mol. The zero-order valence-electron chi connectivity index (χ0n) is 21.5. The number of rotatable bonds is 4. The maximum Gasteiger partial charge on any atom is 1.00 e. The highest BCUT2D eigenvalue weighted by atomic mass is 16.5. The standard InChI is InChI=1S/C28H44O2/c1-18(2)14-17-30-19(3)21-9-10-22-20-8-11-24-26(4,5)25(29)13-16-28(24,7)23(20)12-15-27(21,22)6/h10,14,19,21,24-25,29H,8-9,11-13,15-17H2,1-7H3/p+1/t19-,21+,24-,25-,27+,28+/m0/s1. The molecule has 1 fully saturated rings. The Bertz CT molecular complexity index is 787. The van der Waals surface area contributed by atoms with Crippen LogP contribution in [0.15, 0.2) is 34.4 Å². The van der Waals surface area contributed by atoms with Crippen molar-refractivity contribution >= 4 is 0 Å². The van der Waals surface area contributed by atoms with Crippen LogP contribution in [-0.2, 0) is 4.74 Å². The van der Waals surface area contributed by atoms with Crippen LogP contribution >= 0.6 is 0 Å². The van der Waals surface area contributed by atoms with Crippen LogP contribution in [0.4, 0.5) is 0 Å². The minimum absolute atomic E-state index is 0. The summed E-state index contributed by atoms with van der Waals surface area (Å²) >= 11 is 0. The van der Waals surface area contributed by atoms with Crippen molar-refractivity contribution in [3.8, 4) is 0 Å². The first-order chi connectivity index (χ1) is 14.0. The van der Waals surface area contributed by atoms with E-state index in [4.69, 9.17) is 4.74 Å². The summed E-state index contributed by atoms with van der Waals surface area (Å²) in [7, 11) is 0. The minimum atomic E-state index is -0.152. The molecule has 0 amide bonds. The zero-order valence-corrected chi connectivity index (χ0v) is 20.5. The highest BCUT2D eigenvalue weighted by Crippen LogP contribution is 2.66. The fourth-order valence-corrected chi connectivity index (χ4v) is 7.91. The highest BCUT2D eigenvalue weighted by molar-refractivity contribution is 5.50. The van der Waals surface area contributed by atoms with Gasteiger partial charge >= 0.3 is 1.43 Å². The second kappa shape index (κ2) is 7.62. The Morgan fingerprint density at radius 1 is 1.17 bits per heavy atom. The van der Waals surface area contributed by atoms with Gasteiger partial charge in [-0.25, -0.2) is 0 Å². The summed E-state index contributed by atoms with van der Waals surface area (Å²) in [6, 6.07) is 0. The monoisotopic (exact) mass is 413 g/mol. The molecule has 1 N–H and O–H groups in total. The zero-order chi connectivity index (χ0) is 21.9. The quantitative estimate of drug-likeness (QED) is 0.498. The molecular formula is C28H45O2+. The second-order valence-electron chi connectivity index (χ2n) is 12.0. The average Bonchev–Trinajstić information content (AvgIpc) is 3.02. The van der Waals surface area contributed by atoms with Crippen LogP contribution in [-0.4, -0.2) is 23.9 Å². The molecule has 0 unspecified atom stereocenters. The summed E-state index contributed by atoms with van der Waals surface area (Å²) in [5, 5.41) is 10.7. The maximum atomic E-state index is 10.7. The number of fused-ring (bicyclic) bond motifs is 4. The Hall–Kier alpha value is -0.860. The molecule has 2 nitrogen and oxygen atoms in total. The van der Waals surface area contributed by atoms with Gasteiger partial charge < -0.3 is 9.84 Å². The normalized spacial score (nSPS) is 40.8. The molecule has 4 aliphatic carbocycles. The van der Waals surface area contributed by atoms with Gasteiger partial charge in [0.1, 0.15) is 0 Å². The van der Waals surface area contributed by atoms with Gasteiger partial charge in [0.05, 0.1) is 18.8 Å². The maximum absolute atomic E-state index is 10.7. The lowest BCUT2D eigenvalue weighted by Crippen LogP contribution is -2.53.